The van der Waals surface area contributed by atoms with Crippen molar-refractivity contribution in [2.75, 3.05) is 19.5 Å². The number of nitrogens with one attached hydrogen (secondary N) is 1. The summed E-state index contributed by atoms with van der Waals surface area (Å²) in [5.41, 5.74) is 2.98. The lowest BCUT2D eigenvalue weighted by Crippen LogP contribution is -2.11. The lowest BCUT2D eigenvalue weighted by atomic mass is 10.1. The zero-order valence-corrected chi connectivity index (χ0v) is 16.3. The Morgan fingerprint density at radius 2 is 1.69 bits per heavy atom. The molecule has 0 aliphatic carbocycles. The van der Waals surface area contributed by atoms with Gasteiger partial charge in [0.15, 0.2) is 11.5 Å². The quantitative estimate of drug-likeness (QED) is 0.454. The summed E-state index contributed by atoms with van der Waals surface area (Å²) in [7, 11) is 3.16. The molecule has 0 saturated carbocycles. The van der Waals surface area contributed by atoms with Gasteiger partial charge in [-0.2, -0.15) is 0 Å². The van der Waals surface area contributed by atoms with Crippen LogP contribution in [0.5, 0.6) is 11.5 Å². The molecule has 0 aromatic heterocycles. The van der Waals surface area contributed by atoms with Gasteiger partial charge in [-0.25, -0.2) is 0 Å². The molecule has 1 amide bonds. The molecular weight excluding hydrogens is 368 g/mol. The predicted octanol–water partition coefficient (Wildman–Crippen LogP) is 4.51. The topological polar surface area (TPSA) is 69.2 Å². The van der Waals surface area contributed by atoms with E-state index in [9.17, 15) is 4.79 Å². The standard InChI is InChI=1S/C23H22N2O4/c1-27-21-10-6-7-19(22(21)28-2)15-24-29-16-17-11-13-18(14-12-17)23(26)25-20-8-4-3-5-9-20/h3-15H,16H2,1-2H3,(H,25,26)/b24-15-. The third kappa shape index (κ3) is 5.35. The number of benzene rings is 3. The van der Waals surface area contributed by atoms with Crippen LogP contribution in [0.25, 0.3) is 0 Å². The first kappa shape index (κ1) is 19.9. The number of nitrogens with zero attached hydrogens (tertiary/aromatic N) is 1. The molecule has 0 spiro atoms. The van der Waals surface area contributed by atoms with Crippen LogP contribution in [0.1, 0.15) is 21.5 Å². The molecule has 3 aromatic carbocycles. The fourth-order valence-electron chi connectivity index (χ4n) is 2.70. The number of carbonyl (C=O) groups excluding carboxylic acids is 1. The Hall–Kier alpha value is -3.80. The van der Waals surface area contributed by atoms with Crippen LogP contribution >= 0.6 is 0 Å². The number of hydrogen-bond acceptors (Lipinski definition) is 5. The molecular formula is C23H22N2O4. The number of anilines is 1. The van der Waals surface area contributed by atoms with Crippen LogP contribution in [-0.4, -0.2) is 26.3 Å². The first-order valence-corrected chi connectivity index (χ1v) is 9.03. The van der Waals surface area contributed by atoms with Gasteiger partial charge in [0.1, 0.15) is 6.61 Å². The normalized spacial score (nSPS) is 10.6. The Morgan fingerprint density at radius 1 is 0.931 bits per heavy atom. The third-order valence-corrected chi connectivity index (χ3v) is 4.18. The average Bonchev–Trinajstić information content (AvgIpc) is 2.77. The van der Waals surface area contributed by atoms with Crippen LogP contribution in [-0.2, 0) is 11.4 Å². The van der Waals surface area contributed by atoms with Crippen molar-refractivity contribution in [2.24, 2.45) is 5.16 Å². The van der Waals surface area contributed by atoms with E-state index in [2.05, 4.69) is 10.5 Å². The van der Waals surface area contributed by atoms with Crippen LogP contribution < -0.4 is 14.8 Å². The van der Waals surface area contributed by atoms with Crippen molar-refractivity contribution < 1.29 is 19.1 Å². The van der Waals surface area contributed by atoms with Crippen molar-refractivity contribution in [2.45, 2.75) is 6.61 Å². The summed E-state index contributed by atoms with van der Waals surface area (Å²) in [5, 5.41) is 6.85. The van der Waals surface area contributed by atoms with Gasteiger partial charge in [0.05, 0.1) is 20.4 Å². The minimum Gasteiger partial charge on any atom is -0.493 e. The highest BCUT2D eigenvalue weighted by Crippen LogP contribution is 2.29. The average molecular weight is 390 g/mol. The van der Waals surface area contributed by atoms with Gasteiger partial charge in [-0.05, 0) is 42.0 Å². The molecule has 0 saturated heterocycles. The van der Waals surface area contributed by atoms with E-state index in [1.165, 1.54) is 0 Å². The molecule has 0 aliphatic rings. The maximum Gasteiger partial charge on any atom is 0.255 e. The first-order valence-electron chi connectivity index (χ1n) is 9.03. The summed E-state index contributed by atoms with van der Waals surface area (Å²) >= 11 is 0. The van der Waals surface area contributed by atoms with E-state index in [1.54, 1.807) is 32.6 Å². The van der Waals surface area contributed by atoms with Gasteiger partial charge in [-0.15, -0.1) is 0 Å². The van der Waals surface area contributed by atoms with E-state index in [4.69, 9.17) is 14.3 Å². The Labute approximate surface area is 169 Å². The minimum atomic E-state index is -0.160. The van der Waals surface area contributed by atoms with Crippen molar-refractivity contribution in [1.29, 1.82) is 0 Å². The van der Waals surface area contributed by atoms with E-state index >= 15 is 0 Å². The number of ether oxygens (including phenoxy) is 2. The van der Waals surface area contributed by atoms with E-state index in [-0.39, 0.29) is 12.5 Å². The zero-order chi connectivity index (χ0) is 20.5. The summed E-state index contributed by atoms with van der Waals surface area (Å²) < 4.78 is 10.6. The highest BCUT2D eigenvalue weighted by molar-refractivity contribution is 6.04. The Kier molecular flexibility index (Phi) is 6.84. The second-order valence-corrected chi connectivity index (χ2v) is 6.11. The summed E-state index contributed by atoms with van der Waals surface area (Å²) in [4.78, 5) is 17.6. The molecule has 0 radical (unpaired) electrons. The van der Waals surface area contributed by atoms with E-state index < -0.39 is 0 Å². The number of rotatable bonds is 8. The smallest absolute Gasteiger partial charge is 0.255 e. The summed E-state index contributed by atoms with van der Waals surface area (Å²) in [6.45, 7) is 0.281. The summed E-state index contributed by atoms with van der Waals surface area (Å²) in [6.07, 6.45) is 1.57. The molecule has 1 N–H and O–H groups in total. The molecule has 148 valence electrons. The molecule has 0 aliphatic heterocycles. The van der Waals surface area contributed by atoms with Crippen LogP contribution in [0.3, 0.4) is 0 Å². The number of methoxy groups -OCH3 is 2. The molecule has 0 unspecified atom stereocenters. The predicted molar refractivity (Wildman–Crippen MR) is 113 cm³/mol. The fourth-order valence-corrected chi connectivity index (χ4v) is 2.70. The van der Waals surface area contributed by atoms with E-state index in [0.717, 1.165) is 16.8 Å². The molecule has 0 heterocycles. The van der Waals surface area contributed by atoms with Gasteiger partial charge in [-0.1, -0.05) is 41.6 Å². The summed E-state index contributed by atoms with van der Waals surface area (Å²) in [6, 6.07) is 22.0. The highest BCUT2D eigenvalue weighted by Gasteiger charge is 2.08. The van der Waals surface area contributed by atoms with E-state index in [1.807, 2.05) is 60.7 Å². The van der Waals surface area contributed by atoms with Gasteiger partial charge in [0, 0.05) is 16.8 Å². The van der Waals surface area contributed by atoms with Crippen LogP contribution in [0.4, 0.5) is 5.69 Å². The maximum atomic E-state index is 12.3. The second kappa shape index (κ2) is 9.94. The monoisotopic (exact) mass is 390 g/mol. The zero-order valence-electron chi connectivity index (χ0n) is 16.3. The molecule has 0 bridgehead atoms. The number of para-hydroxylation sites is 2. The van der Waals surface area contributed by atoms with E-state index in [0.29, 0.717) is 17.1 Å². The Balaban J connectivity index is 1.55. The van der Waals surface area contributed by atoms with Gasteiger partial charge in [0.2, 0.25) is 0 Å². The molecule has 6 nitrogen and oxygen atoms in total. The van der Waals surface area contributed by atoms with Gasteiger partial charge < -0.3 is 19.6 Å². The number of carbonyl (C=O) groups is 1. The van der Waals surface area contributed by atoms with Gasteiger partial charge in [0.25, 0.3) is 5.91 Å². The van der Waals surface area contributed by atoms with Crippen LogP contribution in [0.15, 0.2) is 78.0 Å². The third-order valence-electron chi connectivity index (χ3n) is 4.18. The largest absolute Gasteiger partial charge is 0.493 e. The number of oxime groups is 1. The molecule has 3 aromatic rings. The molecule has 29 heavy (non-hydrogen) atoms. The number of amides is 1. The Morgan fingerprint density at radius 3 is 2.38 bits per heavy atom. The SMILES string of the molecule is COc1cccc(/C=N\OCc2ccc(C(=O)Nc3ccccc3)cc2)c1OC. The molecule has 0 fully saturated rings. The maximum absolute atomic E-state index is 12.3. The summed E-state index contributed by atoms with van der Waals surface area (Å²) in [5.74, 6) is 1.06. The Bertz CT molecular complexity index is 970. The van der Waals surface area contributed by atoms with Crippen molar-refractivity contribution in [3.8, 4) is 11.5 Å². The molecule has 6 heteroatoms. The highest BCUT2D eigenvalue weighted by atomic mass is 16.6. The van der Waals surface area contributed by atoms with Crippen molar-refractivity contribution in [3.05, 3.63) is 89.5 Å². The molecule has 3 rings (SSSR count). The van der Waals surface area contributed by atoms with Crippen LogP contribution in [0, 0.1) is 0 Å². The first-order chi connectivity index (χ1) is 14.2. The minimum absolute atomic E-state index is 0.160. The van der Waals surface area contributed by atoms with Gasteiger partial charge >= 0.3 is 0 Å². The van der Waals surface area contributed by atoms with Gasteiger partial charge in [-0.3, -0.25) is 4.79 Å². The van der Waals surface area contributed by atoms with Crippen molar-refractivity contribution >= 4 is 17.8 Å². The fraction of sp³-hybridized carbons (Fsp3) is 0.130. The van der Waals surface area contributed by atoms with Crippen molar-refractivity contribution in [1.82, 2.24) is 0 Å². The van der Waals surface area contributed by atoms with Crippen molar-refractivity contribution in [3.63, 3.8) is 0 Å². The second-order valence-electron chi connectivity index (χ2n) is 6.11. The lowest BCUT2D eigenvalue weighted by molar-refractivity contribution is 0.102. The molecule has 0 atom stereocenters. The van der Waals surface area contributed by atoms with Crippen LogP contribution in [0.2, 0.25) is 0 Å². The number of hydrogen-bond donors (Lipinski definition) is 1. The lowest BCUT2D eigenvalue weighted by Gasteiger charge is -2.09.